The van der Waals surface area contributed by atoms with Gasteiger partial charge in [0.2, 0.25) is 0 Å². The molecule has 88 valence electrons. The van der Waals surface area contributed by atoms with E-state index < -0.39 is 0 Å². The number of rotatable bonds is 4. The number of methoxy groups -OCH3 is 1. The fourth-order valence-corrected chi connectivity index (χ4v) is 1.71. The normalized spacial score (nSPS) is 12.2. The Kier molecular flexibility index (Phi) is 4.76. The number of hydrogen-bond donors (Lipinski definition) is 2. The largest absolute Gasteiger partial charge is 0.398 e. The number of nitrogens with one attached hydrogen (secondary N) is 1. The van der Waals surface area contributed by atoms with Crippen molar-refractivity contribution in [3.63, 3.8) is 0 Å². The highest BCUT2D eigenvalue weighted by Crippen LogP contribution is 2.18. The van der Waals surface area contributed by atoms with Gasteiger partial charge in [-0.25, -0.2) is 0 Å². The molecule has 0 unspecified atom stereocenters. The van der Waals surface area contributed by atoms with Crippen molar-refractivity contribution in [3.05, 3.63) is 28.2 Å². The molecule has 0 radical (unpaired) electrons. The molecule has 1 amide bonds. The Morgan fingerprint density at radius 3 is 2.88 bits per heavy atom. The van der Waals surface area contributed by atoms with Crippen LogP contribution in [-0.2, 0) is 4.74 Å². The van der Waals surface area contributed by atoms with Gasteiger partial charge in [0.25, 0.3) is 5.91 Å². The lowest BCUT2D eigenvalue weighted by Gasteiger charge is -2.13. The van der Waals surface area contributed by atoms with E-state index in [9.17, 15) is 4.79 Å². The average molecular weight is 287 g/mol. The number of anilines is 1. The minimum Gasteiger partial charge on any atom is -0.398 e. The number of benzene rings is 1. The first-order chi connectivity index (χ1) is 7.54. The predicted octanol–water partition coefficient (Wildman–Crippen LogP) is 1.80. The van der Waals surface area contributed by atoms with Crippen LogP contribution in [0.2, 0.25) is 0 Å². The second-order valence-electron chi connectivity index (χ2n) is 3.56. The van der Waals surface area contributed by atoms with E-state index in [0.29, 0.717) is 17.9 Å². The monoisotopic (exact) mass is 286 g/mol. The van der Waals surface area contributed by atoms with E-state index in [0.717, 1.165) is 4.47 Å². The molecule has 1 aromatic rings. The molecule has 1 atom stereocenters. The lowest BCUT2D eigenvalue weighted by Crippen LogP contribution is -2.35. The molecule has 3 N–H and O–H groups in total. The van der Waals surface area contributed by atoms with Crippen molar-refractivity contribution in [1.82, 2.24) is 5.32 Å². The van der Waals surface area contributed by atoms with Crippen LogP contribution < -0.4 is 11.1 Å². The van der Waals surface area contributed by atoms with Gasteiger partial charge in [-0.2, -0.15) is 0 Å². The summed E-state index contributed by atoms with van der Waals surface area (Å²) in [5.41, 5.74) is 6.68. The second kappa shape index (κ2) is 5.86. The molecule has 0 spiro atoms. The molecule has 0 saturated heterocycles. The lowest BCUT2D eigenvalue weighted by atomic mass is 10.1. The van der Waals surface area contributed by atoms with Crippen molar-refractivity contribution in [2.75, 3.05) is 19.5 Å². The van der Waals surface area contributed by atoms with Gasteiger partial charge in [0.05, 0.1) is 12.2 Å². The van der Waals surface area contributed by atoms with Gasteiger partial charge in [0.1, 0.15) is 0 Å². The summed E-state index contributed by atoms with van der Waals surface area (Å²) < 4.78 is 5.79. The number of halogens is 1. The third kappa shape index (κ3) is 3.50. The zero-order chi connectivity index (χ0) is 12.1. The summed E-state index contributed by atoms with van der Waals surface area (Å²) in [7, 11) is 1.59. The highest BCUT2D eigenvalue weighted by molar-refractivity contribution is 9.10. The molecule has 0 aliphatic heterocycles. The summed E-state index contributed by atoms with van der Waals surface area (Å²) >= 11 is 3.29. The first-order valence-corrected chi connectivity index (χ1v) is 5.68. The van der Waals surface area contributed by atoms with Crippen LogP contribution in [0.1, 0.15) is 17.3 Å². The van der Waals surface area contributed by atoms with Crippen LogP contribution in [0.5, 0.6) is 0 Å². The molecule has 1 aromatic carbocycles. The van der Waals surface area contributed by atoms with Crippen LogP contribution >= 0.6 is 15.9 Å². The first kappa shape index (κ1) is 13.0. The summed E-state index contributed by atoms with van der Waals surface area (Å²) in [5, 5.41) is 2.80. The van der Waals surface area contributed by atoms with Crippen LogP contribution in [0.15, 0.2) is 22.7 Å². The molecule has 0 aliphatic carbocycles. The molecule has 5 heteroatoms. The molecule has 0 aromatic heterocycles. The standard InChI is InChI=1S/C11H15BrN2O2/c1-7(6-16-2)14-11(15)9-4-3-8(12)5-10(9)13/h3-5,7H,6,13H2,1-2H3,(H,14,15)/t7-/m1/s1. The molecule has 4 nitrogen and oxygen atoms in total. The van der Waals surface area contributed by atoms with Gasteiger partial charge < -0.3 is 15.8 Å². The van der Waals surface area contributed by atoms with Gasteiger partial charge in [-0.05, 0) is 25.1 Å². The Morgan fingerprint density at radius 1 is 1.62 bits per heavy atom. The Labute approximate surface area is 103 Å². The third-order valence-corrected chi connectivity index (χ3v) is 2.55. The quantitative estimate of drug-likeness (QED) is 0.830. The van der Waals surface area contributed by atoms with Gasteiger partial charge in [-0.3, -0.25) is 4.79 Å². The van der Waals surface area contributed by atoms with Gasteiger partial charge in [0.15, 0.2) is 0 Å². The van der Waals surface area contributed by atoms with Crippen LogP contribution in [0.4, 0.5) is 5.69 Å². The van der Waals surface area contributed by atoms with Crippen molar-refractivity contribution in [3.8, 4) is 0 Å². The summed E-state index contributed by atoms with van der Waals surface area (Å²) in [6, 6.07) is 5.14. The molecule has 0 saturated carbocycles. The van der Waals surface area contributed by atoms with E-state index >= 15 is 0 Å². The molecule has 0 heterocycles. The van der Waals surface area contributed by atoms with Crippen molar-refractivity contribution >= 4 is 27.5 Å². The summed E-state index contributed by atoms with van der Waals surface area (Å²) in [6.45, 7) is 2.35. The van der Waals surface area contributed by atoms with Gasteiger partial charge in [-0.1, -0.05) is 15.9 Å². The van der Waals surface area contributed by atoms with Gasteiger partial charge in [-0.15, -0.1) is 0 Å². The maximum Gasteiger partial charge on any atom is 0.253 e. The SMILES string of the molecule is COC[C@@H](C)NC(=O)c1ccc(Br)cc1N. The number of carbonyl (C=O) groups excluding carboxylic acids is 1. The summed E-state index contributed by atoms with van der Waals surface area (Å²) in [4.78, 5) is 11.8. The summed E-state index contributed by atoms with van der Waals surface area (Å²) in [5.74, 6) is -0.186. The molecule has 1 rings (SSSR count). The van der Waals surface area contributed by atoms with E-state index in [1.807, 2.05) is 6.92 Å². The average Bonchev–Trinajstić information content (AvgIpc) is 2.17. The Morgan fingerprint density at radius 2 is 2.31 bits per heavy atom. The van der Waals surface area contributed by atoms with Crippen LogP contribution in [0, 0.1) is 0 Å². The molecule has 16 heavy (non-hydrogen) atoms. The van der Waals surface area contributed by atoms with Gasteiger partial charge >= 0.3 is 0 Å². The molecule has 0 fully saturated rings. The van der Waals surface area contributed by atoms with E-state index in [4.69, 9.17) is 10.5 Å². The number of hydrogen-bond acceptors (Lipinski definition) is 3. The highest BCUT2D eigenvalue weighted by atomic mass is 79.9. The molecular weight excluding hydrogens is 272 g/mol. The van der Waals surface area contributed by atoms with Crippen molar-refractivity contribution < 1.29 is 9.53 Å². The number of nitrogens with two attached hydrogens (primary N) is 1. The van der Waals surface area contributed by atoms with E-state index in [2.05, 4.69) is 21.2 Å². The topological polar surface area (TPSA) is 64.3 Å². The fraction of sp³-hybridized carbons (Fsp3) is 0.364. The second-order valence-corrected chi connectivity index (χ2v) is 4.48. The van der Waals surface area contributed by atoms with Crippen LogP contribution in [0.3, 0.4) is 0 Å². The van der Waals surface area contributed by atoms with Crippen molar-refractivity contribution in [2.45, 2.75) is 13.0 Å². The minimum atomic E-state index is -0.186. The fourth-order valence-electron chi connectivity index (χ4n) is 1.33. The molecular formula is C11H15BrN2O2. The van der Waals surface area contributed by atoms with Crippen molar-refractivity contribution in [1.29, 1.82) is 0 Å². The Hall–Kier alpha value is -1.07. The Bertz CT molecular complexity index is 382. The number of ether oxygens (including phenoxy) is 1. The van der Waals surface area contributed by atoms with E-state index in [1.54, 1.807) is 25.3 Å². The third-order valence-electron chi connectivity index (χ3n) is 2.05. The maximum absolute atomic E-state index is 11.8. The first-order valence-electron chi connectivity index (χ1n) is 4.89. The van der Waals surface area contributed by atoms with E-state index in [-0.39, 0.29) is 11.9 Å². The lowest BCUT2D eigenvalue weighted by molar-refractivity contribution is 0.0906. The zero-order valence-corrected chi connectivity index (χ0v) is 10.9. The number of nitrogen functional groups attached to an aromatic ring is 1. The zero-order valence-electron chi connectivity index (χ0n) is 9.29. The van der Waals surface area contributed by atoms with Crippen LogP contribution in [-0.4, -0.2) is 25.7 Å². The number of amides is 1. The van der Waals surface area contributed by atoms with Crippen LogP contribution in [0.25, 0.3) is 0 Å². The highest BCUT2D eigenvalue weighted by Gasteiger charge is 2.12. The maximum atomic E-state index is 11.8. The smallest absolute Gasteiger partial charge is 0.253 e. The molecule has 0 bridgehead atoms. The molecule has 0 aliphatic rings. The predicted molar refractivity (Wildman–Crippen MR) is 67.4 cm³/mol. The Balaban J connectivity index is 2.73. The summed E-state index contributed by atoms with van der Waals surface area (Å²) in [6.07, 6.45) is 0. The van der Waals surface area contributed by atoms with Gasteiger partial charge in [0, 0.05) is 23.3 Å². The minimum absolute atomic E-state index is 0.0412. The van der Waals surface area contributed by atoms with E-state index in [1.165, 1.54) is 0 Å². The van der Waals surface area contributed by atoms with Crippen molar-refractivity contribution in [2.24, 2.45) is 0 Å². The number of carbonyl (C=O) groups is 1.